The number of halogens is 2. The van der Waals surface area contributed by atoms with Gasteiger partial charge >= 0.3 is 7.99 Å². The van der Waals surface area contributed by atoms with Crippen LogP contribution in [-0.2, 0) is 4.57 Å². The van der Waals surface area contributed by atoms with Gasteiger partial charge < -0.3 is 0 Å². The first kappa shape index (κ1) is 16.4. The van der Waals surface area contributed by atoms with Gasteiger partial charge in [-0.1, -0.05) is 6.92 Å². The second-order valence-electron chi connectivity index (χ2n) is 3.45. The molecule has 0 aromatic carbocycles. The van der Waals surface area contributed by atoms with Crippen molar-refractivity contribution in [3.63, 3.8) is 0 Å². The minimum Gasteiger partial charge on any atom is -0.299 e. The maximum Gasteiger partial charge on any atom is 0.549 e. The van der Waals surface area contributed by atoms with Crippen molar-refractivity contribution >= 4 is 7.99 Å². The Morgan fingerprint density at radius 2 is 1.43 bits per heavy atom. The van der Waals surface area contributed by atoms with Gasteiger partial charge in [0.25, 0.3) is 0 Å². The Morgan fingerprint density at radius 1 is 1.21 bits per heavy atom. The highest BCUT2D eigenvalue weighted by Crippen LogP contribution is 2.43. The van der Waals surface area contributed by atoms with Crippen molar-refractivity contribution in [1.29, 1.82) is 0 Å². The van der Waals surface area contributed by atoms with Crippen molar-refractivity contribution < 1.29 is 17.9 Å². The Balaban J connectivity index is 0. The smallest absolute Gasteiger partial charge is 0.299 e. The molecule has 0 amide bonds. The Hall–Kier alpha value is 0.01000. The number of hydrogen-bond acceptors (Lipinski definition) is 2. The Bertz CT molecular complexity index is 166. The zero-order chi connectivity index (χ0) is 11.9. The van der Waals surface area contributed by atoms with Gasteiger partial charge in [-0.05, 0) is 34.2 Å². The molecule has 0 saturated heterocycles. The lowest BCUT2D eigenvalue weighted by Gasteiger charge is -2.28. The summed E-state index contributed by atoms with van der Waals surface area (Å²) in [5.74, 6) is 0. The molecule has 0 aliphatic heterocycles. The molecule has 14 heavy (non-hydrogen) atoms. The molecule has 88 valence electrons. The molecule has 0 bridgehead atoms. The van der Waals surface area contributed by atoms with Crippen molar-refractivity contribution in [3.8, 4) is 0 Å². The van der Waals surface area contributed by atoms with Gasteiger partial charge in [0.05, 0.1) is 0 Å². The molecule has 0 radical (unpaired) electrons. The molecule has 0 aromatic rings. The van der Waals surface area contributed by atoms with Crippen molar-refractivity contribution in [2.75, 3.05) is 6.54 Å². The van der Waals surface area contributed by atoms with Crippen LogP contribution in [0.1, 0.15) is 34.6 Å². The van der Waals surface area contributed by atoms with Crippen LogP contribution >= 0.6 is 7.99 Å². The van der Waals surface area contributed by atoms with Gasteiger partial charge in [0.15, 0.2) is 0 Å². The second kappa shape index (κ2) is 7.32. The molecule has 0 fully saturated rings. The zero-order valence-corrected chi connectivity index (χ0v) is 10.3. The lowest BCUT2D eigenvalue weighted by molar-refractivity contribution is 0.185. The second-order valence-corrected chi connectivity index (χ2v) is 4.32. The minimum absolute atomic E-state index is 0.690. The summed E-state index contributed by atoms with van der Waals surface area (Å²) in [5.41, 5.74) is 0. The van der Waals surface area contributed by atoms with Gasteiger partial charge in [-0.15, -0.1) is 8.39 Å². The van der Waals surface area contributed by atoms with E-state index in [0.717, 1.165) is 6.54 Å². The first-order valence-corrected chi connectivity index (χ1v) is 6.01. The summed E-state index contributed by atoms with van der Waals surface area (Å²) < 4.78 is 28.7. The standard InChI is InChI=1S/C8H19N.F2HO2P/c1-6-9(7(2)3)8(4)5;1-5(2,3)4/h7-8H,6H2,1-5H3;(H,3,4). The van der Waals surface area contributed by atoms with Crippen molar-refractivity contribution in [2.45, 2.75) is 46.7 Å². The van der Waals surface area contributed by atoms with Crippen LogP contribution in [0.3, 0.4) is 0 Å². The average molecular weight is 231 g/mol. The van der Waals surface area contributed by atoms with Crippen LogP contribution in [0, 0.1) is 0 Å². The summed E-state index contributed by atoms with van der Waals surface area (Å²) in [4.78, 5) is 9.20. The molecule has 6 heteroatoms. The van der Waals surface area contributed by atoms with E-state index in [9.17, 15) is 8.39 Å². The minimum atomic E-state index is -5.64. The summed E-state index contributed by atoms with van der Waals surface area (Å²) >= 11 is 0. The Morgan fingerprint density at radius 3 is 1.43 bits per heavy atom. The van der Waals surface area contributed by atoms with Crippen molar-refractivity contribution in [2.24, 2.45) is 0 Å². The predicted octanol–water partition coefficient (Wildman–Crippen LogP) is 3.15. The maximum absolute atomic E-state index is 10.1. The third-order valence-corrected chi connectivity index (χ3v) is 1.69. The molecule has 0 atom stereocenters. The number of hydrogen-bond donors (Lipinski definition) is 1. The third kappa shape index (κ3) is 14.5. The molecule has 0 aromatic heterocycles. The van der Waals surface area contributed by atoms with Crippen LogP contribution in [0.15, 0.2) is 0 Å². The van der Waals surface area contributed by atoms with Crippen LogP contribution < -0.4 is 0 Å². The van der Waals surface area contributed by atoms with Crippen LogP contribution in [0.5, 0.6) is 0 Å². The average Bonchev–Trinajstić information content (AvgIpc) is 1.81. The molecule has 1 N–H and O–H groups in total. The van der Waals surface area contributed by atoms with E-state index < -0.39 is 7.99 Å². The molecule has 0 rings (SSSR count). The number of rotatable bonds is 3. The molecular weight excluding hydrogens is 211 g/mol. The largest absolute Gasteiger partial charge is 0.549 e. The van der Waals surface area contributed by atoms with Crippen LogP contribution in [-0.4, -0.2) is 28.4 Å². The Labute approximate surface area is 84.8 Å². The lowest BCUT2D eigenvalue weighted by Crippen LogP contribution is -2.36. The molecule has 0 saturated carbocycles. The summed E-state index contributed by atoms with van der Waals surface area (Å²) in [6, 6.07) is 1.38. The summed E-state index contributed by atoms with van der Waals surface area (Å²) in [6.45, 7) is 12.3. The highest BCUT2D eigenvalue weighted by atomic mass is 31.2. The van der Waals surface area contributed by atoms with Gasteiger partial charge in [0, 0.05) is 12.1 Å². The normalized spacial score (nSPS) is 11.9. The van der Waals surface area contributed by atoms with Crippen LogP contribution in [0.2, 0.25) is 0 Å². The molecule has 0 unspecified atom stereocenters. The fourth-order valence-electron chi connectivity index (χ4n) is 1.33. The van der Waals surface area contributed by atoms with Gasteiger partial charge in [-0.25, -0.2) is 4.57 Å². The fourth-order valence-corrected chi connectivity index (χ4v) is 1.33. The summed E-state index contributed by atoms with van der Waals surface area (Å²) in [5, 5.41) is 0. The van der Waals surface area contributed by atoms with Crippen molar-refractivity contribution in [1.82, 2.24) is 4.90 Å². The van der Waals surface area contributed by atoms with E-state index in [2.05, 4.69) is 39.5 Å². The highest BCUT2D eigenvalue weighted by Gasteiger charge is 2.09. The van der Waals surface area contributed by atoms with Crippen LogP contribution in [0.4, 0.5) is 8.39 Å². The zero-order valence-electron chi connectivity index (χ0n) is 9.37. The van der Waals surface area contributed by atoms with E-state index in [-0.39, 0.29) is 0 Å². The van der Waals surface area contributed by atoms with Gasteiger partial charge in [-0.2, -0.15) is 0 Å². The fraction of sp³-hybridized carbons (Fsp3) is 1.00. The highest BCUT2D eigenvalue weighted by molar-refractivity contribution is 7.46. The van der Waals surface area contributed by atoms with Gasteiger partial charge in [0.2, 0.25) is 0 Å². The molecule has 3 nitrogen and oxygen atoms in total. The predicted molar refractivity (Wildman–Crippen MR) is 54.7 cm³/mol. The van der Waals surface area contributed by atoms with Gasteiger partial charge in [-0.3, -0.25) is 9.79 Å². The number of nitrogens with zero attached hydrogens (tertiary/aromatic N) is 1. The molecule has 0 heterocycles. The van der Waals surface area contributed by atoms with E-state index in [1.54, 1.807) is 0 Å². The van der Waals surface area contributed by atoms with E-state index in [4.69, 9.17) is 9.46 Å². The molecular formula is C8H20F2NO2P. The van der Waals surface area contributed by atoms with E-state index in [1.807, 2.05) is 0 Å². The monoisotopic (exact) mass is 231 g/mol. The summed E-state index contributed by atoms with van der Waals surface area (Å²) in [7, 11) is -5.64. The van der Waals surface area contributed by atoms with E-state index in [0.29, 0.717) is 12.1 Å². The topological polar surface area (TPSA) is 40.5 Å². The first-order chi connectivity index (χ1) is 6.09. The quantitative estimate of drug-likeness (QED) is 0.758. The van der Waals surface area contributed by atoms with Crippen LogP contribution in [0.25, 0.3) is 0 Å². The van der Waals surface area contributed by atoms with Gasteiger partial charge in [0.1, 0.15) is 0 Å². The molecule has 0 aliphatic rings. The Kier molecular flexibility index (Phi) is 8.60. The maximum atomic E-state index is 10.1. The SMILES string of the molecule is CCN(C(C)C)C(C)C.O=P(O)(F)F. The third-order valence-electron chi connectivity index (χ3n) is 1.69. The van der Waals surface area contributed by atoms with Crippen molar-refractivity contribution in [3.05, 3.63) is 0 Å². The summed E-state index contributed by atoms with van der Waals surface area (Å²) in [6.07, 6.45) is 0. The first-order valence-electron chi connectivity index (χ1n) is 4.57. The lowest BCUT2D eigenvalue weighted by atomic mass is 10.2. The molecule has 0 aliphatic carbocycles. The molecule has 0 spiro atoms. The van der Waals surface area contributed by atoms with E-state index in [1.165, 1.54) is 0 Å². The van der Waals surface area contributed by atoms with E-state index >= 15 is 0 Å².